The van der Waals surface area contributed by atoms with Gasteiger partial charge in [0.1, 0.15) is 23.0 Å². The first kappa shape index (κ1) is 60.9. The fraction of sp³-hybridized carbons (Fsp3) is 0.300. The van der Waals surface area contributed by atoms with E-state index in [-0.39, 0.29) is 98.5 Å². The Morgan fingerprint density at radius 3 is 0.797 bits per heavy atom. The van der Waals surface area contributed by atoms with Gasteiger partial charge in [0.25, 0.3) is 0 Å². The molecule has 0 aromatic heterocycles. The number of rotatable bonds is 20. The van der Waals surface area contributed by atoms with Gasteiger partial charge in [-0.25, -0.2) is 0 Å². The Balaban J connectivity index is 0. The zero-order chi connectivity index (χ0) is 46.1. The second-order valence-electron chi connectivity index (χ2n) is 11.6. The molecule has 4 rings (SSSR count). The van der Waals surface area contributed by atoms with Crippen molar-refractivity contribution in [2.24, 2.45) is 20.0 Å². The molecule has 0 unspecified atom stereocenters. The Labute approximate surface area is 429 Å². The number of ether oxygens (including phenoxy) is 4. The van der Waals surface area contributed by atoms with Gasteiger partial charge < -0.3 is 80.7 Å². The zero-order valence-electron chi connectivity index (χ0n) is 34.9. The molecule has 0 atom stereocenters. The van der Waals surface area contributed by atoms with E-state index in [1.807, 2.05) is 0 Å². The second kappa shape index (κ2) is 37.2. The van der Waals surface area contributed by atoms with Crippen LogP contribution in [0.2, 0.25) is 0 Å². The van der Waals surface area contributed by atoms with Crippen molar-refractivity contribution in [3.05, 3.63) is 126 Å². The maximum atomic E-state index is 11.9. The van der Waals surface area contributed by atoms with E-state index in [1.165, 1.54) is 28.4 Å². The Morgan fingerprint density at radius 1 is 0.438 bits per heavy atom. The molecule has 0 saturated heterocycles. The molecule has 64 heavy (non-hydrogen) atoms. The SMILES string of the molecule is COc1cccc(C=NCCNCCN=Cc2cccc(OC)c2[O-])c1[O-].COc1cccc(C=NCCNCCN=Cc2cccc(OC)c2[O-])c1[O-].O=[N+]([O-])[O-].O=[N+]([O-])[O-].[Ho+3].[Ho+3]. The molecule has 0 radical (unpaired) electrons. The predicted molar refractivity (Wildman–Crippen MR) is 226 cm³/mol. The van der Waals surface area contributed by atoms with Crippen LogP contribution in [-0.4, -0.2) is 116 Å². The quantitative estimate of drug-likeness (QED) is 0.0416. The average molecular weight is 1190 g/mol. The number of hydrogen-bond donors (Lipinski definition) is 2. The summed E-state index contributed by atoms with van der Waals surface area (Å²) in [4.78, 5) is 33.4. The number of methoxy groups -OCH3 is 4. The molecule has 2 N–H and O–H groups in total. The summed E-state index contributed by atoms with van der Waals surface area (Å²) in [6.45, 7) is 4.82. The monoisotopic (exact) mass is 1190 g/mol. The Morgan fingerprint density at radius 2 is 0.625 bits per heavy atom. The van der Waals surface area contributed by atoms with Crippen molar-refractivity contribution in [2.45, 2.75) is 0 Å². The number of aliphatic imine (C=N–C) groups is 4. The molecule has 0 saturated carbocycles. The molecule has 352 valence electrons. The van der Waals surface area contributed by atoms with Crippen molar-refractivity contribution in [1.29, 1.82) is 0 Å². The van der Waals surface area contributed by atoms with Gasteiger partial charge >= 0.3 is 75.5 Å². The first-order valence-electron chi connectivity index (χ1n) is 18.2. The Hall–Kier alpha value is -5.20. The number of benzene rings is 4. The maximum Gasteiger partial charge on any atom is 3.00 e. The minimum atomic E-state index is -1.75. The van der Waals surface area contributed by atoms with Crippen molar-refractivity contribution < 1.29 is 125 Å². The van der Waals surface area contributed by atoms with Gasteiger partial charge in [-0.2, -0.15) is 0 Å². The van der Waals surface area contributed by atoms with Gasteiger partial charge in [0.05, 0.1) is 64.8 Å². The van der Waals surface area contributed by atoms with Gasteiger partial charge in [0, 0.05) is 51.0 Å². The molecule has 0 aliphatic carbocycles. The summed E-state index contributed by atoms with van der Waals surface area (Å²) >= 11 is 0. The molecular weight excluding hydrogens is 1150 g/mol. The van der Waals surface area contributed by atoms with Crippen LogP contribution in [0.3, 0.4) is 0 Å². The van der Waals surface area contributed by atoms with E-state index in [4.69, 9.17) is 49.6 Å². The summed E-state index contributed by atoms with van der Waals surface area (Å²) < 4.78 is 20.0. The summed E-state index contributed by atoms with van der Waals surface area (Å²) in [7, 11) is 5.87. The number of para-hydroxylation sites is 4. The minimum absolute atomic E-state index is 0. The summed E-state index contributed by atoms with van der Waals surface area (Å²) in [5.74, 6) is 0.587. The summed E-state index contributed by atoms with van der Waals surface area (Å²) in [6.07, 6.45) is 6.24. The third-order valence-electron chi connectivity index (χ3n) is 7.51. The maximum absolute atomic E-state index is 11.9. The topological polar surface area (TPSA) is 335 Å². The molecule has 0 bridgehead atoms. The van der Waals surface area contributed by atoms with Gasteiger partial charge in [0.2, 0.25) is 0 Å². The van der Waals surface area contributed by atoms with Crippen LogP contribution in [0.5, 0.6) is 46.0 Å². The molecule has 0 aliphatic rings. The first-order chi connectivity index (χ1) is 29.8. The summed E-state index contributed by atoms with van der Waals surface area (Å²) in [5, 5.41) is 83.7. The third kappa shape index (κ3) is 25.8. The van der Waals surface area contributed by atoms with Gasteiger partial charge in [-0.05, 0) is 46.5 Å². The molecular formula is C40H46Ho2N8O14. The van der Waals surface area contributed by atoms with Crippen LogP contribution in [-0.2, 0) is 0 Å². The molecule has 0 heterocycles. The summed E-state index contributed by atoms with van der Waals surface area (Å²) in [5.41, 5.74) is 2.02. The van der Waals surface area contributed by atoms with Crippen molar-refractivity contribution >= 4 is 24.9 Å². The van der Waals surface area contributed by atoms with E-state index in [0.29, 0.717) is 97.6 Å². The zero-order valence-corrected chi connectivity index (χ0v) is 38.8. The molecule has 4 aromatic rings. The number of nitrogens with zero attached hydrogens (tertiary/aromatic N) is 6. The van der Waals surface area contributed by atoms with Gasteiger partial charge in [-0.3, -0.25) is 20.0 Å². The fourth-order valence-corrected chi connectivity index (χ4v) is 4.66. The predicted octanol–water partition coefficient (Wildman–Crippen LogP) is 1.48. The normalized spacial score (nSPS) is 10.3. The van der Waals surface area contributed by atoms with E-state index >= 15 is 0 Å². The molecule has 0 spiro atoms. The van der Waals surface area contributed by atoms with Crippen molar-refractivity contribution in [3.8, 4) is 46.0 Å². The van der Waals surface area contributed by atoms with Crippen molar-refractivity contribution in [1.82, 2.24) is 10.6 Å². The van der Waals surface area contributed by atoms with Gasteiger partial charge in [-0.15, -0.1) is 0 Å². The molecule has 0 amide bonds. The molecule has 0 aliphatic heterocycles. The number of hydrogen-bond acceptors (Lipinski definition) is 20. The molecule has 0 fully saturated rings. The fourth-order valence-electron chi connectivity index (χ4n) is 4.66. The van der Waals surface area contributed by atoms with Gasteiger partial charge in [0.15, 0.2) is 0 Å². The largest absolute Gasteiger partial charge is 3.00 e. The van der Waals surface area contributed by atoms with Crippen LogP contribution in [0.25, 0.3) is 0 Å². The standard InChI is InChI=1S/2C20H25N3O4.2Ho.2NO3/c2*1-26-17-7-3-5-15(19(17)24)13-22-11-9-21-10-12-23-14-16-6-4-8-18(27-2)20(16)25;;;2*2-1(3)4/h2*3-8,13-14,21,24-25H,9-12H2,1-2H3;;;;/q;;2*+3;2*-1/p-4. The third-order valence-corrected chi connectivity index (χ3v) is 7.51. The van der Waals surface area contributed by atoms with Crippen LogP contribution in [0.1, 0.15) is 22.3 Å². The van der Waals surface area contributed by atoms with Crippen LogP contribution < -0.4 is 50.0 Å². The number of nitrogens with one attached hydrogen (secondary N) is 2. The average Bonchev–Trinajstić information content (AvgIpc) is 3.24. The Bertz CT molecular complexity index is 1790. The summed E-state index contributed by atoms with van der Waals surface area (Å²) in [6, 6.07) is 20.4. The van der Waals surface area contributed by atoms with Crippen LogP contribution in [0.15, 0.2) is 92.8 Å². The minimum Gasteiger partial charge on any atom is -0.870 e. The molecule has 22 nitrogen and oxygen atoms in total. The second-order valence-corrected chi connectivity index (χ2v) is 11.6. The van der Waals surface area contributed by atoms with E-state index in [0.717, 1.165) is 0 Å². The van der Waals surface area contributed by atoms with Crippen LogP contribution in [0, 0.1) is 106 Å². The van der Waals surface area contributed by atoms with E-state index in [2.05, 4.69) is 30.6 Å². The molecule has 24 heteroatoms. The van der Waals surface area contributed by atoms with E-state index in [9.17, 15) is 20.4 Å². The van der Waals surface area contributed by atoms with E-state index < -0.39 is 10.2 Å². The van der Waals surface area contributed by atoms with Crippen LogP contribution in [0.4, 0.5) is 0 Å². The van der Waals surface area contributed by atoms with Crippen molar-refractivity contribution in [3.63, 3.8) is 0 Å². The van der Waals surface area contributed by atoms with Crippen LogP contribution >= 0.6 is 0 Å². The smallest absolute Gasteiger partial charge is 0.870 e. The first-order valence-corrected chi connectivity index (χ1v) is 18.2. The Kier molecular flexibility index (Phi) is 35.4. The van der Waals surface area contributed by atoms with E-state index in [1.54, 1.807) is 97.7 Å². The van der Waals surface area contributed by atoms with Gasteiger partial charge in [-0.1, -0.05) is 71.5 Å². The molecule has 4 aromatic carbocycles. The van der Waals surface area contributed by atoms with Crippen molar-refractivity contribution in [2.75, 3.05) is 80.8 Å².